The van der Waals surface area contributed by atoms with Gasteiger partial charge in [0.2, 0.25) is 6.28 Å². The summed E-state index contributed by atoms with van der Waals surface area (Å²) in [5.74, 6) is 0. The summed E-state index contributed by atoms with van der Waals surface area (Å²) in [7, 11) is 4.01. The van der Waals surface area contributed by atoms with E-state index in [1.165, 1.54) is 0 Å². The highest BCUT2D eigenvalue weighted by atomic mass is 15.3. The largest absolute Gasteiger partial charge is 0.429 e. The molecule has 6 nitrogen and oxygen atoms in total. The SMILES string of the molecule is Cn1ccnc1[B-](C)(c1nccn1C)n1ccc(-c2ccccc2)n1. The number of rotatable bonds is 4. The van der Waals surface area contributed by atoms with Gasteiger partial charge >= 0.3 is 0 Å². The third-order valence-corrected chi connectivity index (χ3v) is 4.93. The Balaban J connectivity index is 1.90. The number of nitrogens with zero attached hydrogens (tertiary/aromatic N) is 6. The quantitative estimate of drug-likeness (QED) is 0.529. The van der Waals surface area contributed by atoms with Crippen molar-refractivity contribution in [1.29, 1.82) is 0 Å². The molecule has 1 aromatic carbocycles. The highest BCUT2D eigenvalue weighted by Gasteiger charge is 2.34. The molecular weight excluding hydrogens is 311 g/mol. The van der Waals surface area contributed by atoms with Crippen LogP contribution in [0.4, 0.5) is 0 Å². The Hall–Kier alpha value is -3.09. The van der Waals surface area contributed by atoms with Crippen molar-refractivity contribution in [2.45, 2.75) is 6.82 Å². The lowest BCUT2D eigenvalue weighted by molar-refractivity contribution is 0.879. The highest BCUT2D eigenvalue weighted by molar-refractivity contribution is 6.98. The molecule has 4 aromatic rings. The van der Waals surface area contributed by atoms with Gasteiger partial charge in [0, 0.05) is 44.4 Å². The summed E-state index contributed by atoms with van der Waals surface area (Å²) < 4.78 is 6.09. The van der Waals surface area contributed by atoms with Crippen molar-refractivity contribution in [3.8, 4) is 11.3 Å². The molecule has 0 bridgehead atoms. The lowest BCUT2D eigenvalue weighted by Gasteiger charge is -2.36. The number of aryl methyl sites for hydroxylation is 2. The lowest BCUT2D eigenvalue weighted by Crippen LogP contribution is -2.67. The molecule has 0 spiro atoms. The van der Waals surface area contributed by atoms with Gasteiger partial charge in [0.05, 0.1) is 5.69 Å². The highest BCUT2D eigenvalue weighted by Crippen LogP contribution is 2.18. The monoisotopic (exact) mass is 331 g/mol. The Morgan fingerprint density at radius 2 is 1.40 bits per heavy atom. The topological polar surface area (TPSA) is 53.5 Å². The predicted molar refractivity (Wildman–Crippen MR) is 100 cm³/mol. The van der Waals surface area contributed by atoms with Gasteiger partial charge in [-0.1, -0.05) is 30.3 Å². The summed E-state index contributed by atoms with van der Waals surface area (Å²) in [5, 5.41) is 4.88. The maximum absolute atomic E-state index is 4.88. The molecule has 0 radical (unpaired) electrons. The van der Waals surface area contributed by atoms with E-state index in [2.05, 4.69) is 28.9 Å². The van der Waals surface area contributed by atoms with E-state index in [0.717, 1.165) is 22.7 Å². The first kappa shape index (κ1) is 15.4. The minimum Gasteiger partial charge on any atom is -0.429 e. The van der Waals surface area contributed by atoms with Crippen LogP contribution in [-0.4, -0.2) is 35.1 Å². The molecule has 0 N–H and O–H groups in total. The molecule has 4 rings (SSSR count). The average molecular weight is 331 g/mol. The van der Waals surface area contributed by atoms with Crippen LogP contribution in [0.1, 0.15) is 0 Å². The Morgan fingerprint density at radius 3 is 1.92 bits per heavy atom. The van der Waals surface area contributed by atoms with Crippen LogP contribution in [0.2, 0.25) is 6.82 Å². The van der Waals surface area contributed by atoms with E-state index >= 15 is 0 Å². The van der Waals surface area contributed by atoms with Crippen LogP contribution in [0.5, 0.6) is 0 Å². The summed E-state index contributed by atoms with van der Waals surface area (Å²) in [6.07, 6.45) is 8.12. The third kappa shape index (κ3) is 2.39. The van der Waals surface area contributed by atoms with Crippen LogP contribution < -0.4 is 11.4 Å². The Morgan fingerprint density at radius 1 is 0.800 bits per heavy atom. The number of imidazole rings is 2. The van der Waals surface area contributed by atoms with Gasteiger partial charge in [0.15, 0.2) is 0 Å². The molecule has 0 saturated carbocycles. The van der Waals surface area contributed by atoms with Gasteiger partial charge < -0.3 is 13.7 Å². The number of benzene rings is 1. The van der Waals surface area contributed by atoms with E-state index in [9.17, 15) is 0 Å². The zero-order valence-electron chi connectivity index (χ0n) is 14.6. The predicted octanol–water partition coefficient (Wildman–Crippen LogP) is 1.25. The van der Waals surface area contributed by atoms with Crippen LogP contribution in [0.15, 0.2) is 67.4 Å². The van der Waals surface area contributed by atoms with E-state index < -0.39 is 6.28 Å². The average Bonchev–Trinajstić information content (AvgIpc) is 3.36. The molecule has 0 atom stereocenters. The molecule has 0 aliphatic heterocycles. The minimum absolute atomic E-state index is 0.942. The van der Waals surface area contributed by atoms with E-state index in [4.69, 9.17) is 5.10 Å². The van der Waals surface area contributed by atoms with Crippen molar-refractivity contribution in [2.75, 3.05) is 0 Å². The van der Waals surface area contributed by atoms with Gasteiger partial charge in [0.25, 0.3) is 0 Å². The van der Waals surface area contributed by atoms with Crippen LogP contribution in [-0.2, 0) is 14.1 Å². The number of hydrogen-bond acceptors (Lipinski definition) is 3. The fourth-order valence-electron chi connectivity index (χ4n) is 3.58. The number of hydrogen-bond donors (Lipinski definition) is 0. The molecule has 0 aliphatic carbocycles. The first-order chi connectivity index (χ1) is 12.1. The van der Waals surface area contributed by atoms with Crippen molar-refractivity contribution < 1.29 is 0 Å². The van der Waals surface area contributed by atoms with Gasteiger partial charge in [0.1, 0.15) is 0 Å². The van der Waals surface area contributed by atoms with E-state index in [1.54, 1.807) is 0 Å². The molecular formula is C18H20BN6-. The van der Waals surface area contributed by atoms with Crippen molar-refractivity contribution in [3.63, 3.8) is 0 Å². The van der Waals surface area contributed by atoms with Crippen molar-refractivity contribution >= 4 is 17.7 Å². The molecule has 3 aromatic heterocycles. The Labute approximate surface area is 146 Å². The summed E-state index contributed by atoms with van der Waals surface area (Å²) in [6.45, 7) is 2.16. The normalized spacial score (nSPS) is 11.8. The minimum atomic E-state index is -1.45. The van der Waals surface area contributed by atoms with Crippen molar-refractivity contribution in [3.05, 3.63) is 67.4 Å². The molecule has 0 saturated heterocycles. The van der Waals surface area contributed by atoms with Gasteiger partial charge in [-0.25, -0.2) is 5.10 Å². The second-order valence-corrected chi connectivity index (χ2v) is 6.58. The molecule has 7 heteroatoms. The zero-order chi connectivity index (χ0) is 17.4. The van der Waals surface area contributed by atoms with Gasteiger partial charge in [-0.3, -0.25) is 9.97 Å². The standard InChI is InChI=1S/C18H20BN6/c1-19(17-20-10-13-23(17)2,18-21-11-14-24(18)3)25-12-9-16(22-25)15-7-5-4-6-8-15/h4-14H,1-3H3/q-1. The van der Waals surface area contributed by atoms with E-state index in [-0.39, 0.29) is 0 Å². The fourth-order valence-corrected chi connectivity index (χ4v) is 3.58. The summed E-state index contributed by atoms with van der Waals surface area (Å²) in [4.78, 5) is 9.24. The van der Waals surface area contributed by atoms with Crippen LogP contribution in [0.3, 0.4) is 0 Å². The second kappa shape index (κ2) is 5.77. The van der Waals surface area contributed by atoms with Gasteiger partial charge in [-0.2, -0.15) is 6.82 Å². The molecule has 0 fully saturated rings. The Kier molecular flexibility index (Phi) is 3.56. The molecule has 0 aliphatic rings. The first-order valence-corrected chi connectivity index (χ1v) is 8.37. The van der Waals surface area contributed by atoms with Gasteiger partial charge in [-0.05, 0) is 23.7 Å². The molecule has 25 heavy (non-hydrogen) atoms. The maximum atomic E-state index is 4.88. The molecule has 0 unspecified atom stereocenters. The zero-order valence-corrected chi connectivity index (χ0v) is 14.6. The number of aromatic nitrogens is 6. The molecule has 3 heterocycles. The van der Waals surface area contributed by atoms with Gasteiger partial charge in [-0.15, -0.1) is 0 Å². The smallest absolute Gasteiger partial charge is 0.237 e. The van der Waals surface area contributed by atoms with E-state index in [1.807, 2.05) is 83.1 Å². The Bertz CT molecular complexity index is 957. The van der Waals surface area contributed by atoms with Crippen molar-refractivity contribution in [2.24, 2.45) is 14.1 Å². The maximum Gasteiger partial charge on any atom is 0.237 e. The summed E-state index contributed by atoms with van der Waals surface area (Å²) in [5.41, 5.74) is 3.92. The van der Waals surface area contributed by atoms with Crippen LogP contribution in [0.25, 0.3) is 11.3 Å². The third-order valence-electron chi connectivity index (χ3n) is 4.93. The molecule has 0 amide bonds. The van der Waals surface area contributed by atoms with Crippen LogP contribution >= 0.6 is 0 Å². The summed E-state index contributed by atoms with van der Waals surface area (Å²) in [6, 6.07) is 12.2. The summed E-state index contributed by atoms with van der Waals surface area (Å²) >= 11 is 0. The lowest BCUT2D eigenvalue weighted by atomic mass is 9.35. The van der Waals surface area contributed by atoms with Crippen LogP contribution in [0, 0.1) is 0 Å². The van der Waals surface area contributed by atoms with Crippen molar-refractivity contribution in [1.82, 2.24) is 28.8 Å². The van der Waals surface area contributed by atoms with E-state index in [0.29, 0.717) is 0 Å². The first-order valence-electron chi connectivity index (χ1n) is 8.37. The molecule has 126 valence electrons. The fraction of sp³-hybridized carbons (Fsp3) is 0.167. The second-order valence-electron chi connectivity index (χ2n) is 6.58.